The third kappa shape index (κ3) is 9.47. The highest BCUT2D eigenvalue weighted by Crippen LogP contribution is 1.92. The number of hydrogen-bond donors (Lipinski definition) is 1. The maximum Gasteiger partial charge on any atom is 0.636 e. The fraction of sp³-hybridized carbons (Fsp3) is 0.455. The predicted molar refractivity (Wildman–Crippen MR) is 62.4 cm³/mol. The van der Waals surface area contributed by atoms with Crippen molar-refractivity contribution < 1.29 is 14.3 Å². The van der Waals surface area contributed by atoms with Gasteiger partial charge in [-0.05, 0) is 20.8 Å². The van der Waals surface area contributed by atoms with E-state index in [2.05, 4.69) is 28.4 Å². The standard InChI is InChI=1S/C7H8.C4H11BO3/c1-7-5-3-2-4-6-7;1-3-7-5(6)8-4-2/h2-6H,1H3;6H,3-4H2,1-2H3. The van der Waals surface area contributed by atoms with E-state index in [-0.39, 0.29) is 0 Å². The molecule has 0 unspecified atom stereocenters. The second-order valence-corrected chi connectivity index (χ2v) is 2.87. The summed E-state index contributed by atoms with van der Waals surface area (Å²) >= 11 is 0. The molecule has 1 N–H and O–H groups in total. The number of aryl methyl sites for hydroxylation is 1. The Bertz CT molecular complexity index is 223. The van der Waals surface area contributed by atoms with Crippen LogP contribution < -0.4 is 0 Å². The van der Waals surface area contributed by atoms with Crippen LogP contribution >= 0.6 is 0 Å². The van der Waals surface area contributed by atoms with Crippen LogP contribution in [-0.2, 0) is 9.31 Å². The molecule has 1 aromatic rings. The van der Waals surface area contributed by atoms with Gasteiger partial charge in [0.1, 0.15) is 0 Å². The van der Waals surface area contributed by atoms with E-state index in [0.29, 0.717) is 13.2 Å². The quantitative estimate of drug-likeness (QED) is 0.772. The van der Waals surface area contributed by atoms with Crippen LogP contribution in [0, 0.1) is 6.92 Å². The molecule has 15 heavy (non-hydrogen) atoms. The first-order valence-corrected chi connectivity index (χ1v) is 5.13. The average Bonchev–Trinajstić information content (AvgIpc) is 2.20. The van der Waals surface area contributed by atoms with Gasteiger partial charge in [0, 0.05) is 13.2 Å². The lowest BCUT2D eigenvalue weighted by Crippen LogP contribution is -2.22. The Morgan fingerprint density at radius 3 is 1.80 bits per heavy atom. The summed E-state index contributed by atoms with van der Waals surface area (Å²) in [7, 11) is -1.04. The van der Waals surface area contributed by atoms with Crippen molar-refractivity contribution in [1.82, 2.24) is 0 Å². The molecular formula is C11H19BO3. The van der Waals surface area contributed by atoms with Crippen LogP contribution in [0.25, 0.3) is 0 Å². The van der Waals surface area contributed by atoms with Gasteiger partial charge in [-0.25, -0.2) is 0 Å². The lowest BCUT2D eigenvalue weighted by Gasteiger charge is -2.02. The molecule has 4 heteroatoms. The van der Waals surface area contributed by atoms with E-state index in [4.69, 9.17) is 5.02 Å². The summed E-state index contributed by atoms with van der Waals surface area (Å²) in [6, 6.07) is 10.3. The molecule has 0 saturated heterocycles. The van der Waals surface area contributed by atoms with Crippen molar-refractivity contribution in [3.05, 3.63) is 35.9 Å². The number of rotatable bonds is 4. The molecule has 0 saturated carbocycles. The average molecular weight is 210 g/mol. The Morgan fingerprint density at radius 2 is 1.53 bits per heavy atom. The van der Waals surface area contributed by atoms with Crippen LogP contribution in [0.4, 0.5) is 0 Å². The maximum atomic E-state index is 8.60. The minimum absolute atomic E-state index is 0.473. The molecule has 0 fully saturated rings. The van der Waals surface area contributed by atoms with Gasteiger partial charge in [-0.15, -0.1) is 0 Å². The van der Waals surface area contributed by atoms with Crippen LogP contribution in [0.1, 0.15) is 19.4 Å². The molecule has 0 atom stereocenters. The van der Waals surface area contributed by atoms with Gasteiger partial charge in [-0.1, -0.05) is 35.9 Å². The summed E-state index contributed by atoms with van der Waals surface area (Å²) < 4.78 is 9.23. The molecule has 0 aliphatic carbocycles. The van der Waals surface area contributed by atoms with Gasteiger partial charge in [0.05, 0.1) is 0 Å². The van der Waals surface area contributed by atoms with Gasteiger partial charge in [-0.2, -0.15) is 0 Å². The van der Waals surface area contributed by atoms with Gasteiger partial charge < -0.3 is 14.3 Å². The van der Waals surface area contributed by atoms with Crippen LogP contribution in [0.2, 0.25) is 0 Å². The van der Waals surface area contributed by atoms with Crippen LogP contribution in [0.3, 0.4) is 0 Å². The Balaban J connectivity index is 0.000000262. The largest absolute Gasteiger partial charge is 0.636 e. The summed E-state index contributed by atoms with van der Waals surface area (Å²) in [6.45, 7) is 6.62. The number of benzene rings is 1. The van der Waals surface area contributed by atoms with Crippen molar-refractivity contribution in [2.24, 2.45) is 0 Å². The van der Waals surface area contributed by atoms with Gasteiger partial charge in [0.25, 0.3) is 0 Å². The molecule has 0 aliphatic heterocycles. The van der Waals surface area contributed by atoms with Crippen molar-refractivity contribution in [2.75, 3.05) is 13.2 Å². The van der Waals surface area contributed by atoms with Crippen molar-refractivity contribution in [1.29, 1.82) is 0 Å². The monoisotopic (exact) mass is 210 g/mol. The Labute approximate surface area is 92.2 Å². The zero-order chi connectivity index (χ0) is 11.5. The second kappa shape index (κ2) is 9.71. The van der Waals surface area contributed by atoms with Crippen LogP contribution in [0.15, 0.2) is 30.3 Å². The van der Waals surface area contributed by atoms with Gasteiger partial charge in [0.2, 0.25) is 0 Å². The summed E-state index contributed by atoms with van der Waals surface area (Å²) in [5.74, 6) is 0. The van der Waals surface area contributed by atoms with Crippen molar-refractivity contribution in [2.45, 2.75) is 20.8 Å². The van der Waals surface area contributed by atoms with Crippen molar-refractivity contribution >= 4 is 7.32 Å². The lowest BCUT2D eigenvalue weighted by molar-refractivity contribution is 0.145. The maximum absolute atomic E-state index is 8.60. The molecule has 1 aromatic carbocycles. The fourth-order valence-electron chi connectivity index (χ4n) is 0.868. The minimum atomic E-state index is -1.04. The van der Waals surface area contributed by atoms with Crippen LogP contribution in [0.5, 0.6) is 0 Å². The first-order chi connectivity index (χ1) is 7.20. The van der Waals surface area contributed by atoms with E-state index in [1.165, 1.54) is 5.56 Å². The summed E-state index contributed by atoms with van der Waals surface area (Å²) in [5, 5.41) is 8.60. The first kappa shape index (κ1) is 14.2. The number of hydrogen-bond acceptors (Lipinski definition) is 3. The topological polar surface area (TPSA) is 38.7 Å². The summed E-state index contributed by atoms with van der Waals surface area (Å²) in [4.78, 5) is 0. The highest BCUT2D eigenvalue weighted by atomic mass is 16.7. The molecule has 1 rings (SSSR count). The predicted octanol–water partition coefficient (Wildman–Crippen LogP) is 2.03. The van der Waals surface area contributed by atoms with E-state index < -0.39 is 7.32 Å². The lowest BCUT2D eigenvalue weighted by atomic mass is 10.2. The molecule has 0 heterocycles. The van der Waals surface area contributed by atoms with Crippen molar-refractivity contribution in [3.8, 4) is 0 Å². The Hall–Kier alpha value is -0.835. The van der Waals surface area contributed by atoms with Gasteiger partial charge in [0.15, 0.2) is 0 Å². The molecule has 0 spiro atoms. The zero-order valence-corrected chi connectivity index (χ0v) is 9.64. The Morgan fingerprint density at radius 1 is 1.07 bits per heavy atom. The van der Waals surface area contributed by atoms with Gasteiger partial charge in [-0.3, -0.25) is 0 Å². The molecule has 0 amide bonds. The minimum Gasteiger partial charge on any atom is -0.402 e. The molecule has 0 bridgehead atoms. The fourth-order valence-corrected chi connectivity index (χ4v) is 0.868. The van der Waals surface area contributed by atoms with Crippen LogP contribution in [-0.4, -0.2) is 25.6 Å². The highest BCUT2D eigenvalue weighted by molar-refractivity contribution is 6.34. The van der Waals surface area contributed by atoms with E-state index in [1.807, 2.05) is 18.2 Å². The van der Waals surface area contributed by atoms with E-state index in [1.54, 1.807) is 13.8 Å². The molecule has 0 radical (unpaired) electrons. The summed E-state index contributed by atoms with van der Waals surface area (Å²) in [6.07, 6.45) is 0. The SMILES string of the molecule is CCOB(O)OCC.Cc1ccccc1. The highest BCUT2D eigenvalue weighted by Gasteiger charge is 2.11. The van der Waals surface area contributed by atoms with Gasteiger partial charge >= 0.3 is 7.32 Å². The first-order valence-electron chi connectivity index (χ1n) is 5.13. The summed E-state index contributed by atoms with van der Waals surface area (Å²) in [5.41, 5.74) is 1.32. The van der Waals surface area contributed by atoms with E-state index in [9.17, 15) is 0 Å². The molecular weight excluding hydrogens is 191 g/mol. The third-order valence-corrected chi connectivity index (χ3v) is 1.56. The zero-order valence-electron chi connectivity index (χ0n) is 9.64. The normalized spacial score (nSPS) is 9.07. The molecule has 0 aliphatic rings. The van der Waals surface area contributed by atoms with Crippen molar-refractivity contribution in [3.63, 3.8) is 0 Å². The van der Waals surface area contributed by atoms with E-state index in [0.717, 1.165) is 0 Å². The van der Waals surface area contributed by atoms with E-state index >= 15 is 0 Å². The smallest absolute Gasteiger partial charge is 0.402 e. The Kier molecular flexibility index (Phi) is 9.17. The molecule has 0 aromatic heterocycles. The second-order valence-electron chi connectivity index (χ2n) is 2.87. The molecule has 84 valence electrons. The third-order valence-electron chi connectivity index (χ3n) is 1.56. The molecule has 3 nitrogen and oxygen atoms in total.